The molecule has 0 saturated carbocycles. The van der Waals surface area contributed by atoms with Crippen LogP contribution in [0.5, 0.6) is 5.75 Å². The highest BCUT2D eigenvalue weighted by atomic mass is 16.3. The highest BCUT2D eigenvalue weighted by molar-refractivity contribution is 6.12. The van der Waals surface area contributed by atoms with Gasteiger partial charge in [-0.1, -0.05) is 36.4 Å². The number of H-pyrrole nitrogens is 1. The molecule has 3 aromatic carbocycles. The fourth-order valence-electron chi connectivity index (χ4n) is 2.70. The largest absolute Gasteiger partial charge is 0.506 e. The topological polar surface area (TPSA) is 48.0 Å². The van der Waals surface area contributed by atoms with Crippen molar-refractivity contribution in [1.82, 2.24) is 4.98 Å². The second kappa shape index (κ2) is 4.56. The Hall–Kier alpha value is -2.94. The van der Waals surface area contributed by atoms with Crippen LogP contribution in [-0.2, 0) is 0 Å². The Bertz CT molecular complexity index is 926. The molecule has 0 bridgehead atoms. The molecule has 0 spiro atoms. The number of rotatable bonds is 2. The number of phenols is 1. The minimum absolute atomic E-state index is 0.234. The molecule has 0 aliphatic heterocycles. The molecule has 0 radical (unpaired) electrons. The normalized spacial score (nSPS) is 11.0. The maximum absolute atomic E-state index is 10.2. The molecule has 0 aliphatic rings. The standard InChI is InChI=1S/C18H14N2O/c21-16-11-10-14-13-8-4-5-9-15(13)20-17(14)18(16)19-12-6-2-1-3-7-12/h1-11,19-21H. The summed E-state index contributed by atoms with van der Waals surface area (Å²) in [6.45, 7) is 0. The first kappa shape index (κ1) is 11.9. The molecule has 4 rings (SSSR count). The third-order valence-corrected chi connectivity index (χ3v) is 3.70. The Morgan fingerprint density at radius 1 is 0.762 bits per heavy atom. The van der Waals surface area contributed by atoms with Gasteiger partial charge in [0.15, 0.2) is 0 Å². The van der Waals surface area contributed by atoms with Crippen molar-refractivity contribution in [2.45, 2.75) is 0 Å². The molecule has 0 amide bonds. The Morgan fingerprint density at radius 3 is 2.38 bits per heavy atom. The summed E-state index contributed by atoms with van der Waals surface area (Å²) in [6, 6.07) is 21.7. The number of aromatic hydroxyl groups is 1. The first-order chi connectivity index (χ1) is 10.3. The molecular formula is C18H14N2O. The van der Waals surface area contributed by atoms with Crippen molar-refractivity contribution in [1.29, 1.82) is 0 Å². The van der Waals surface area contributed by atoms with E-state index in [-0.39, 0.29) is 5.75 Å². The predicted molar refractivity (Wildman–Crippen MR) is 87.2 cm³/mol. The summed E-state index contributed by atoms with van der Waals surface area (Å²) in [5.74, 6) is 0.234. The van der Waals surface area contributed by atoms with Gasteiger partial charge in [0.05, 0.1) is 5.52 Å². The summed E-state index contributed by atoms with van der Waals surface area (Å²) in [6.07, 6.45) is 0. The number of para-hydroxylation sites is 2. The van der Waals surface area contributed by atoms with Gasteiger partial charge in [0.25, 0.3) is 0 Å². The average molecular weight is 274 g/mol. The van der Waals surface area contributed by atoms with Crippen molar-refractivity contribution < 1.29 is 5.11 Å². The van der Waals surface area contributed by atoms with Crippen molar-refractivity contribution in [2.75, 3.05) is 5.32 Å². The maximum atomic E-state index is 10.2. The van der Waals surface area contributed by atoms with E-state index in [1.807, 2.05) is 54.6 Å². The molecule has 21 heavy (non-hydrogen) atoms. The van der Waals surface area contributed by atoms with E-state index in [1.54, 1.807) is 6.07 Å². The van der Waals surface area contributed by atoms with Crippen LogP contribution in [0.25, 0.3) is 21.8 Å². The molecule has 3 nitrogen and oxygen atoms in total. The van der Waals surface area contributed by atoms with Crippen LogP contribution in [0.15, 0.2) is 66.7 Å². The van der Waals surface area contributed by atoms with E-state index in [9.17, 15) is 5.11 Å². The minimum Gasteiger partial charge on any atom is -0.506 e. The van der Waals surface area contributed by atoms with Gasteiger partial charge >= 0.3 is 0 Å². The van der Waals surface area contributed by atoms with Gasteiger partial charge in [0.2, 0.25) is 0 Å². The second-order valence-corrected chi connectivity index (χ2v) is 5.04. The molecule has 0 saturated heterocycles. The van der Waals surface area contributed by atoms with Gasteiger partial charge < -0.3 is 15.4 Å². The first-order valence-electron chi connectivity index (χ1n) is 6.87. The van der Waals surface area contributed by atoms with E-state index in [0.29, 0.717) is 5.69 Å². The van der Waals surface area contributed by atoms with E-state index in [1.165, 1.54) is 0 Å². The summed E-state index contributed by atoms with van der Waals surface area (Å²) in [7, 11) is 0. The van der Waals surface area contributed by atoms with Crippen LogP contribution in [0.3, 0.4) is 0 Å². The summed E-state index contributed by atoms with van der Waals surface area (Å²) in [4.78, 5) is 3.39. The zero-order chi connectivity index (χ0) is 14.2. The highest BCUT2D eigenvalue weighted by Gasteiger charge is 2.11. The monoisotopic (exact) mass is 274 g/mol. The number of aromatic amines is 1. The van der Waals surface area contributed by atoms with Crippen molar-refractivity contribution >= 4 is 33.2 Å². The summed E-state index contributed by atoms with van der Waals surface area (Å²) < 4.78 is 0. The van der Waals surface area contributed by atoms with Crippen LogP contribution < -0.4 is 5.32 Å². The lowest BCUT2D eigenvalue weighted by molar-refractivity contribution is 0.478. The fourth-order valence-corrected chi connectivity index (χ4v) is 2.70. The molecular weight excluding hydrogens is 260 g/mol. The highest BCUT2D eigenvalue weighted by Crippen LogP contribution is 2.37. The van der Waals surface area contributed by atoms with Crippen LogP contribution in [0.4, 0.5) is 11.4 Å². The molecule has 3 heteroatoms. The van der Waals surface area contributed by atoms with Crippen LogP contribution in [0, 0.1) is 0 Å². The quantitative estimate of drug-likeness (QED) is 0.461. The number of fused-ring (bicyclic) bond motifs is 3. The molecule has 4 aromatic rings. The minimum atomic E-state index is 0.234. The zero-order valence-corrected chi connectivity index (χ0v) is 11.3. The number of phenolic OH excluding ortho intramolecular Hbond substituents is 1. The van der Waals surface area contributed by atoms with Gasteiger partial charge in [-0.25, -0.2) is 0 Å². The smallest absolute Gasteiger partial charge is 0.141 e. The van der Waals surface area contributed by atoms with Gasteiger partial charge in [-0.2, -0.15) is 0 Å². The molecule has 0 fully saturated rings. The Kier molecular flexibility index (Phi) is 2.57. The Morgan fingerprint density at radius 2 is 1.52 bits per heavy atom. The van der Waals surface area contributed by atoms with Crippen molar-refractivity contribution in [3.63, 3.8) is 0 Å². The summed E-state index contributed by atoms with van der Waals surface area (Å²) in [5.41, 5.74) is 3.63. The van der Waals surface area contributed by atoms with Crippen molar-refractivity contribution in [3.05, 3.63) is 66.7 Å². The predicted octanol–water partition coefficient (Wildman–Crippen LogP) is 4.77. The third kappa shape index (κ3) is 1.91. The van der Waals surface area contributed by atoms with Gasteiger partial charge in [-0.15, -0.1) is 0 Å². The molecule has 1 aromatic heterocycles. The van der Waals surface area contributed by atoms with E-state index >= 15 is 0 Å². The van der Waals surface area contributed by atoms with Crippen molar-refractivity contribution in [2.24, 2.45) is 0 Å². The van der Waals surface area contributed by atoms with E-state index < -0.39 is 0 Å². The summed E-state index contributed by atoms with van der Waals surface area (Å²) in [5, 5.41) is 15.8. The van der Waals surface area contributed by atoms with Gasteiger partial charge in [0, 0.05) is 22.0 Å². The number of hydrogen-bond acceptors (Lipinski definition) is 2. The molecule has 0 unspecified atom stereocenters. The molecule has 0 aliphatic carbocycles. The maximum Gasteiger partial charge on any atom is 0.141 e. The fraction of sp³-hybridized carbons (Fsp3) is 0. The lowest BCUT2D eigenvalue weighted by Gasteiger charge is -2.09. The van der Waals surface area contributed by atoms with Crippen LogP contribution in [0.2, 0.25) is 0 Å². The number of nitrogens with one attached hydrogen (secondary N) is 2. The van der Waals surface area contributed by atoms with Crippen molar-refractivity contribution in [3.8, 4) is 5.75 Å². The van der Waals surface area contributed by atoms with Gasteiger partial charge in [-0.05, 0) is 30.3 Å². The van der Waals surface area contributed by atoms with Crippen LogP contribution in [-0.4, -0.2) is 10.1 Å². The lowest BCUT2D eigenvalue weighted by Crippen LogP contribution is -1.91. The molecule has 102 valence electrons. The molecule has 1 heterocycles. The number of hydrogen-bond donors (Lipinski definition) is 3. The third-order valence-electron chi connectivity index (χ3n) is 3.70. The first-order valence-corrected chi connectivity index (χ1v) is 6.87. The van der Waals surface area contributed by atoms with E-state index in [0.717, 1.165) is 27.5 Å². The number of benzene rings is 3. The molecule has 0 atom stereocenters. The van der Waals surface area contributed by atoms with Crippen LogP contribution in [0.1, 0.15) is 0 Å². The number of anilines is 2. The lowest BCUT2D eigenvalue weighted by atomic mass is 10.1. The SMILES string of the molecule is Oc1ccc2c([nH]c3ccccc32)c1Nc1ccccc1. The Labute approximate surface area is 121 Å². The average Bonchev–Trinajstić information content (AvgIpc) is 2.90. The van der Waals surface area contributed by atoms with Gasteiger partial charge in [0.1, 0.15) is 11.4 Å². The molecule has 3 N–H and O–H groups in total. The van der Waals surface area contributed by atoms with E-state index in [2.05, 4.69) is 16.4 Å². The van der Waals surface area contributed by atoms with Gasteiger partial charge in [-0.3, -0.25) is 0 Å². The Balaban J connectivity index is 1.97. The zero-order valence-electron chi connectivity index (χ0n) is 11.3. The number of aromatic nitrogens is 1. The summed E-state index contributed by atoms with van der Waals surface area (Å²) >= 11 is 0. The van der Waals surface area contributed by atoms with Crippen LogP contribution >= 0.6 is 0 Å². The van der Waals surface area contributed by atoms with E-state index in [4.69, 9.17) is 0 Å². The second-order valence-electron chi connectivity index (χ2n) is 5.04.